The van der Waals surface area contributed by atoms with E-state index in [1.807, 2.05) is 24.8 Å². The van der Waals surface area contributed by atoms with E-state index < -0.39 is 10.0 Å². The molecule has 9 nitrogen and oxygen atoms in total. The lowest BCUT2D eigenvalue weighted by molar-refractivity contribution is -0.0340. The van der Waals surface area contributed by atoms with Crippen LogP contribution < -0.4 is 0 Å². The molecule has 0 radical (unpaired) electrons. The molecule has 4 heterocycles. The quantitative estimate of drug-likeness (QED) is 0.418. The zero-order valence-electron chi connectivity index (χ0n) is 27.3. The van der Waals surface area contributed by atoms with Gasteiger partial charge in [-0.25, -0.2) is 27.1 Å². The molecule has 1 aromatic heterocycles. The summed E-state index contributed by atoms with van der Waals surface area (Å²) in [6, 6.07) is 7.41. The van der Waals surface area contributed by atoms with E-state index in [9.17, 15) is 17.6 Å². The summed E-state index contributed by atoms with van der Waals surface area (Å²) in [5.41, 5.74) is 3.10. The van der Waals surface area contributed by atoms with Crippen LogP contribution in [0.1, 0.15) is 92.1 Å². The summed E-state index contributed by atoms with van der Waals surface area (Å²) >= 11 is 0. The van der Waals surface area contributed by atoms with Crippen molar-refractivity contribution < 1.29 is 17.6 Å². The number of piperidine rings is 2. The fraction of sp³-hybridized carbons (Fsp3) is 0.676. The molecular formula is C34H49FN6O3S. The van der Waals surface area contributed by atoms with E-state index in [-0.39, 0.29) is 34.6 Å². The van der Waals surface area contributed by atoms with Crippen LogP contribution in [0.15, 0.2) is 30.6 Å². The van der Waals surface area contributed by atoms with Gasteiger partial charge in [-0.2, -0.15) is 0 Å². The van der Waals surface area contributed by atoms with Gasteiger partial charge >= 0.3 is 0 Å². The van der Waals surface area contributed by atoms with E-state index in [0.29, 0.717) is 37.7 Å². The highest BCUT2D eigenvalue weighted by Crippen LogP contribution is 2.39. The molecule has 6 rings (SSSR count). The Labute approximate surface area is 268 Å². The number of hydrogen-bond donors (Lipinski definition) is 0. The van der Waals surface area contributed by atoms with Crippen molar-refractivity contribution >= 4 is 15.9 Å². The van der Waals surface area contributed by atoms with Crippen LogP contribution in [0.2, 0.25) is 0 Å². The van der Waals surface area contributed by atoms with Crippen LogP contribution in [0.3, 0.4) is 0 Å². The molecule has 246 valence electrons. The fourth-order valence-corrected chi connectivity index (χ4v) is 9.84. The largest absolute Gasteiger partial charge is 0.338 e. The lowest BCUT2D eigenvalue weighted by atomic mass is 9.84. The van der Waals surface area contributed by atoms with Crippen LogP contribution in [0.5, 0.6) is 0 Å². The van der Waals surface area contributed by atoms with Crippen LogP contribution in [0.4, 0.5) is 4.39 Å². The van der Waals surface area contributed by atoms with Gasteiger partial charge in [0.25, 0.3) is 5.91 Å². The Hall–Kier alpha value is -2.47. The van der Waals surface area contributed by atoms with E-state index in [4.69, 9.17) is 0 Å². The number of amides is 1. The lowest BCUT2D eigenvalue weighted by Gasteiger charge is -2.53. The minimum Gasteiger partial charge on any atom is -0.338 e. The highest BCUT2D eigenvalue weighted by atomic mass is 32.2. The van der Waals surface area contributed by atoms with Gasteiger partial charge in [0.05, 0.1) is 22.2 Å². The van der Waals surface area contributed by atoms with E-state index in [1.54, 1.807) is 10.4 Å². The third-order valence-corrected chi connectivity index (χ3v) is 13.5. The Kier molecular flexibility index (Phi) is 9.36. The second kappa shape index (κ2) is 13.0. The average Bonchev–Trinajstić information content (AvgIpc) is 3.87. The van der Waals surface area contributed by atoms with E-state index in [2.05, 4.69) is 39.7 Å². The van der Waals surface area contributed by atoms with Crippen molar-refractivity contribution in [3.63, 3.8) is 0 Å². The molecule has 45 heavy (non-hydrogen) atoms. The number of aryl methyl sites for hydroxylation is 2. The second-order valence-corrected chi connectivity index (χ2v) is 16.3. The lowest BCUT2D eigenvalue weighted by Crippen LogP contribution is -2.62. The fourth-order valence-electron chi connectivity index (χ4n) is 7.96. The maximum Gasteiger partial charge on any atom is 0.257 e. The van der Waals surface area contributed by atoms with Gasteiger partial charge in [0.1, 0.15) is 12.1 Å². The Morgan fingerprint density at radius 1 is 1.00 bits per heavy atom. The third kappa shape index (κ3) is 6.82. The molecule has 1 amide bonds. The van der Waals surface area contributed by atoms with Crippen molar-refractivity contribution in [1.29, 1.82) is 0 Å². The molecule has 4 fully saturated rings. The molecule has 3 saturated heterocycles. The number of likely N-dealkylation sites (tertiary alicyclic amines) is 1. The zero-order valence-corrected chi connectivity index (χ0v) is 28.1. The molecule has 3 aliphatic heterocycles. The number of rotatable bonds is 8. The van der Waals surface area contributed by atoms with Crippen molar-refractivity contribution in [2.24, 2.45) is 5.92 Å². The minimum atomic E-state index is -3.14. The standard InChI is InChI=1S/C34H49FN6O3S/c1-24-22-39(34(4)12-16-38(17-13-34)33(42)32-25(2)36-23-37-26(32)3)18-19-41(24)31(28-6-5-7-29(35)21-28)20-27-10-14-40(15-11-27)45(43,44)30-8-9-30/h5-7,21,23-24,27,30-31H,8-20,22H2,1-4H3/t24-,31+/m0/s1. The summed E-state index contributed by atoms with van der Waals surface area (Å²) in [7, 11) is -3.14. The predicted molar refractivity (Wildman–Crippen MR) is 173 cm³/mol. The first kappa shape index (κ1) is 32.5. The second-order valence-electron chi connectivity index (χ2n) is 14.1. The van der Waals surface area contributed by atoms with Crippen LogP contribution in [-0.4, -0.2) is 106 Å². The molecular weight excluding hydrogens is 591 g/mol. The SMILES string of the molecule is Cc1ncnc(C)c1C(=O)N1CCC(C)(N2CCN([C@H](CC3CCN(S(=O)(=O)C4CC4)CC3)c3cccc(F)c3)[C@@H](C)C2)CC1. The number of carbonyl (C=O) groups excluding carboxylic acids is 1. The van der Waals surface area contributed by atoms with Gasteiger partial charge < -0.3 is 4.90 Å². The van der Waals surface area contributed by atoms with Crippen molar-refractivity contribution in [1.82, 2.24) is 29.0 Å². The zero-order chi connectivity index (χ0) is 31.9. The molecule has 4 aliphatic rings. The number of aromatic nitrogens is 2. The average molecular weight is 641 g/mol. The smallest absolute Gasteiger partial charge is 0.257 e. The van der Waals surface area contributed by atoms with Crippen LogP contribution in [-0.2, 0) is 10.0 Å². The van der Waals surface area contributed by atoms with Crippen molar-refractivity contribution in [3.8, 4) is 0 Å². The first-order valence-corrected chi connectivity index (χ1v) is 18.3. The summed E-state index contributed by atoms with van der Waals surface area (Å²) in [4.78, 5) is 29.0. The molecule has 1 aliphatic carbocycles. The maximum atomic E-state index is 14.5. The highest BCUT2D eigenvalue weighted by molar-refractivity contribution is 7.90. The van der Waals surface area contributed by atoms with E-state index >= 15 is 0 Å². The minimum absolute atomic E-state index is 0.00262. The Balaban J connectivity index is 1.10. The Morgan fingerprint density at radius 3 is 2.27 bits per heavy atom. The van der Waals surface area contributed by atoms with Crippen LogP contribution >= 0.6 is 0 Å². The number of carbonyl (C=O) groups is 1. The van der Waals surface area contributed by atoms with Gasteiger partial charge in [-0.05, 0) is 96.3 Å². The molecule has 0 unspecified atom stereocenters. The summed E-state index contributed by atoms with van der Waals surface area (Å²) in [6.07, 6.45) is 7.54. The first-order valence-electron chi connectivity index (χ1n) is 16.8. The van der Waals surface area contributed by atoms with Crippen molar-refractivity contribution in [2.75, 3.05) is 45.8 Å². The molecule has 1 aromatic carbocycles. The summed E-state index contributed by atoms with van der Waals surface area (Å²) in [6.45, 7) is 13.7. The third-order valence-electron chi connectivity index (χ3n) is 11.1. The van der Waals surface area contributed by atoms with Gasteiger partial charge in [-0.1, -0.05) is 12.1 Å². The number of hydrogen-bond acceptors (Lipinski definition) is 7. The number of piperazine rings is 1. The normalized spacial score (nSPS) is 24.9. The van der Waals surface area contributed by atoms with Crippen molar-refractivity contribution in [3.05, 3.63) is 58.9 Å². The molecule has 0 bridgehead atoms. The molecule has 2 aromatic rings. The first-order chi connectivity index (χ1) is 21.5. The molecule has 1 saturated carbocycles. The van der Waals surface area contributed by atoms with Crippen LogP contribution in [0.25, 0.3) is 0 Å². The number of nitrogens with zero attached hydrogens (tertiary/aromatic N) is 6. The number of sulfonamides is 1. The maximum absolute atomic E-state index is 14.5. The molecule has 11 heteroatoms. The molecule has 0 N–H and O–H groups in total. The van der Waals surface area contributed by atoms with Gasteiger partial charge in [0.15, 0.2) is 0 Å². The summed E-state index contributed by atoms with van der Waals surface area (Å²) < 4.78 is 41.8. The van der Waals surface area contributed by atoms with E-state index in [0.717, 1.165) is 81.5 Å². The van der Waals surface area contributed by atoms with Gasteiger partial charge in [-0.15, -0.1) is 0 Å². The van der Waals surface area contributed by atoms with Crippen molar-refractivity contribution in [2.45, 2.75) is 95.5 Å². The Morgan fingerprint density at radius 2 is 1.67 bits per heavy atom. The topological polar surface area (TPSA) is 90.0 Å². The predicted octanol–water partition coefficient (Wildman–Crippen LogP) is 4.57. The summed E-state index contributed by atoms with van der Waals surface area (Å²) in [5.74, 6) is 0.214. The summed E-state index contributed by atoms with van der Waals surface area (Å²) in [5, 5.41) is -0.160. The van der Waals surface area contributed by atoms with Crippen LogP contribution in [0, 0.1) is 25.6 Å². The number of benzene rings is 1. The van der Waals surface area contributed by atoms with Gasteiger partial charge in [0.2, 0.25) is 10.0 Å². The molecule has 2 atom stereocenters. The number of halogens is 1. The molecule has 0 spiro atoms. The Bertz CT molecular complexity index is 1460. The van der Waals surface area contributed by atoms with Gasteiger partial charge in [-0.3, -0.25) is 14.6 Å². The van der Waals surface area contributed by atoms with Gasteiger partial charge in [0, 0.05) is 63.4 Å². The van der Waals surface area contributed by atoms with E-state index in [1.165, 1.54) is 12.4 Å². The highest BCUT2D eigenvalue weighted by Gasteiger charge is 2.43. The monoisotopic (exact) mass is 640 g/mol.